The topological polar surface area (TPSA) is 12.0 Å². The van der Waals surface area contributed by atoms with Gasteiger partial charge in [0.15, 0.2) is 4.95 Å². The van der Waals surface area contributed by atoms with Crippen molar-refractivity contribution in [2.45, 2.75) is 0 Å². The smallest absolute Gasteiger partial charge is 0.163 e. The van der Waals surface area contributed by atoms with E-state index in [-0.39, 0.29) is 0 Å². The molecule has 1 rings (SSSR count). The Hall–Kier alpha value is 0.240. The molecule has 0 amide bonds. The molecule has 0 unspecified atom stereocenters. The van der Waals surface area contributed by atoms with Gasteiger partial charge in [-0.2, -0.15) is 0 Å². The Labute approximate surface area is 65.1 Å². The largest absolute Gasteiger partial charge is 0.369 e. The molecule has 0 aromatic rings. The van der Waals surface area contributed by atoms with Crippen LogP contribution in [0, 0.1) is 4.95 Å². The van der Waals surface area contributed by atoms with E-state index in [0.29, 0.717) is 0 Å². The van der Waals surface area contributed by atoms with Crippen LogP contribution in [-0.4, -0.2) is 0 Å². The third-order valence-corrected chi connectivity index (χ3v) is 2.61. The molecule has 43 valence electrons. The quantitative estimate of drug-likeness (QED) is 0.638. The number of rotatable bonds is 0. The third-order valence-electron chi connectivity index (χ3n) is 0.759. The number of hydrogen-bond donors (Lipinski definition) is 1. The number of dihydropyridines is 1. The highest BCUT2D eigenvalue weighted by atomic mass is 79.9. The highest BCUT2D eigenvalue weighted by Crippen LogP contribution is 2.25. The second-order valence-corrected chi connectivity index (χ2v) is 2.98. The van der Waals surface area contributed by atoms with Gasteiger partial charge in [-0.3, -0.25) is 0 Å². The average molecular weight is 238 g/mol. The maximum absolute atomic E-state index is 3.32. The van der Waals surface area contributed by atoms with Crippen molar-refractivity contribution in [1.82, 2.24) is 5.32 Å². The highest BCUT2D eigenvalue weighted by Gasteiger charge is 2.06. The maximum atomic E-state index is 3.32. The third kappa shape index (κ3) is 1.36. The standard InChI is InChI=1S/C5H4Br2N/c6-4-2-1-3-8-5(4)7/h1-3,8H. The minimum absolute atomic E-state index is 0.972. The average Bonchev–Trinajstić information content (AvgIpc) is 1.77. The number of hydrogen-bond acceptors (Lipinski definition) is 1. The van der Waals surface area contributed by atoms with Gasteiger partial charge in [0.2, 0.25) is 0 Å². The predicted molar refractivity (Wildman–Crippen MR) is 41.5 cm³/mol. The van der Waals surface area contributed by atoms with Gasteiger partial charge in [0, 0.05) is 4.48 Å². The summed E-state index contributed by atoms with van der Waals surface area (Å²) in [4.78, 5) is 0.972. The van der Waals surface area contributed by atoms with Gasteiger partial charge in [0.25, 0.3) is 0 Å². The molecule has 8 heavy (non-hydrogen) atoms. The van der Waals surface area contributed by atoms with E-state index >= 15 is 0 Å². The van der Waals surface area contributed by atoms with Crippen molar-refractivity contribution in [1.29, 1.82) is 0 Å². The van der Waals surface area contributed by atoms with Gasteiger partial charge in [-0.25, -0.2) is 0 Å². The van der Waals surface area contributed by atoms with Crippen molar-refractivity contribution in [2.24, 2.45) is 0 Å². The summed E-state index contributed by atoms with van der Waals surface area (Å²) >= 11 is 6.61. The molecule has 1 heterocycles. The van der Waals surface area contributed by atoms with E-state index in [9.17, 15) is 0 Å². The summed E-state index contributed by atoms with van der Waals surface area (Å²) in [5.41, 5.74) is 0. The zero-order valence-corrected chi connectivity index (χ0v) is 7.16. The Kier molecular flexibility index (Phi) is 2.14. The molecule has 0 aliphatic carbocycles. The Morgan fingerprint density at radius 3 is 2.50 bits per heavy atom. The van der Waals surface area contributed by atoms with Gasteiger partial charge >= 0.3 is 0 Å². The molecule has 0 atom stereocenters. The molecular formula is C5H4Br2N. The Morgan fingerprint density at radius 1 is 1.38 bits per heavy atom. The zero-order valence-electron chi connectivity index (χ0n) is 3.99. The van der Waals surface area contributed by atoms with E-state index in [1.54, 1.807) is 0 Å². The summed E-state index contributed by atoms with van der Waals surface area (Å²) < 4.78 is 1.04. The van der Waals surface area contributed by atoms with Crippen LogP contribution in [0.5, 0.6) is 0 Å². The first kappa shape index (κ1) is 6.36. The van der Waals surface area contributed by atoms with Crippen molar-refractivity contribution in [3.05, 3.63) is 27.8 Å². The van der Waals surface area contributed by atoms with Crippen molar-refractivity contribution in [2.75, 3.05) is 0 Å². The highest BCUT2D eigenvalue weighted by molar-refractivity contribution is 9.14. The van der Waals surface area contributed by atoms with Gasteiger partial charge in [-0.1, -0.05) is 31.9 Å². The minimum Gasteiger partial charge on any atom is -0.369 e. The molecule has 1 N–H and O–H groups in total. The Bertz CT molecular complexity index is 139. The Balaban J connectivity index is 2.66. The molecular weight excluding hydrogens is 234 g/mol. The maximum Gasteiger partial charge on any atom is 0.163 e. The predicted octanol–water partition coefficient (Wildman–Crippen LogP) is 2.27. The minimum atomic E-state index is 0.972. The van der Waals surface area contributed by atoms with Gasteiger partial charge in [-0.15, -0.1) is 0 Å². The summed E-state index contributed by atoms with van der Waals surface area (Å²) in [6.45, 7) is 0. The molecule has 0 bridgehead atoms. The molecule has 1 aliphatic rings. The number of nitrogens with one attached hydrogen (secondary N) is 1. The lowest BCUT2D eigenvalue weighted by Gasteiger charge is -2.09. The fraction of sp³-hybridized carbons (Fsp3) is 0. The van der Waals surface area contributed by atoms with Crippen LogP contribution in [0.2, 0.25) is 0 Å². The fourth-order valence-corrected chi connectivity index (χ4v) is 0.927. The second-order valence-electron chi connectivity index (χ2n) is 1.33. The van der Waals surface area contributed by atoms with Crippen LogP contribution in [0.1, 0.15) is 0 Å². The van der Waals surface area contributed by atoms with E-state index in [1.165, 1.54) is 0 Å². The fourth-order valence-electron chi connectivity index (χ4n) is 0.396. The van der Waals surface area contributed by atoms with Crippen LogP contribution in [-0.2, 0) is 0 Å². The second kappa shape index (κ2) is 2.69. The van der Waals surface area contributed by atoms with Crippen molar-refractivity contribution in [3.63, 3.8) is 0 Å². The molecule has 0 saturated heterocycles. The number of allylic oxidation sites excluding steroid dienone is 2. The van der Waals surface area contributed by atoms with E-state index < -0.39 is 0 Å². The van der Waals surface area contributed by atoms with Crippen LogP contribution in [0.25, 0.3) is 0 Å². The molecule has 0 saturated carbocycles. The number of halogens is 2. The molecule has 1 radical (unpaired) electrons. The van der Waals surface area contributed by atoms with Crippen LogP contribution in [0.4, 0.5) is 0 Å². The van der Waals surface area contributed by atoms with E-state index in [4.69, 9.17) is 0 Å². The first-order chi connectivity index (χ1) is 3.80. The summed E-state index contributed by atoms with van der Waals surface area (Å²) in [5.74, 6) is 0. The van der Waals surface area contributed by atoms with Crippen LogP contribution >= 0.6 is 31.9 Å². The van der Waals surface area contributed by atoms with E-state index in [0.717, 1.165) is 9.43 Å². The van der Waals surface area contributed by atoms with E-state index in [2.05, 4.69) is 37.2 Å². The first-order valence-electron chi connectivity index (χ1n) is 2.12. The van der Waals surface area contributed by atoms with Gasteiger partial charge in [0.1, 0.15) is 0 Å². The first-order valence-corrected chi connectivity index (χ1v) is 3.71. The zero-order chi connectivity index (χ0) is 5.98. The van der Waals surface area contributed by atoms with Gasteiger partial charge in [-0.05, 0) is 18.4 Å². The summed E-state index contributed by atoms with van der Waals surface area (Å²) in [5, 5.41) is 2.97. The lowest BCUT2D eigenvalue weighted by molar-refractivity contribution is 1.06. The normalized spacial score (nSPS) is 20.0. The van der Waals surface area contributed by atoms with Crippen LogP contribution in [0.3, 0.4) is 0 Å². The monoisotopic (exact) mass is 236 g/mol. The van der Waals surface area contributed by atoms with Gasteiger partial charge in [0.05, 0.1) is 0 Å². The molecule has 0 aromatic carbocycles. The summed E-state index contributed by atoms with van der Waals surface area (Å²) in [6, 6.07) is 0. The molecule has 1 aliphatic heterocycles. The summed E-state index contributed by atoms with van der Waals surface area (Å²) in [7, 11) is 0. The molecule has 0 spiro atoms. The lowest BCUT2D eigenvalue weighted by atomic mass is 10.4. The SMILES string of the molecule is Br[C]1NC=CC=C1Br. The molecule has 3 heteroatoms. The summed E-state index contributed by atoms with van der Waals surface area (Å²) in [6.07, 6.45) is 5.74. The molecule has 0 aromatic heterocycles. The van der Waals surface area contributed by atoms with E-state index in [1.807, 2.05) is 18.4 Å². The van der Waals surface area contributed by atoms with Crippen molar-refractivity contribution >= 4 is 31.9 Å². The van der Waals surface area contributed by atoms with Gasteiger partial charge < -0.3 is 5.32 Å². The lowest BCUT2D eigenvalue weighted by Crippen LogP contribution is -2.10. The van der Waals surface area contributed by atoms with Crippen LogP contribution in [0.15, 0.2) is 22.8 Å². The Morgan fingerprint density at radius 2 is 2.12 bits per heavy atom. The van der Waals surface area contributed by atoms with Crippen molar-refractivity contribution < 1.29 is 0 Å². The van der Waals surface area contributed by atoms with Crippen molar-refractivity contribution in [3.8, 4) is 0 Å². The van der Waals surface area contributed by atoms with Crippen LogP contribution < -0.4 is 5.32 Å². The molecule has 0 fully saturated rings. The molecule has 1 nitrogen and oxygen atoms in total.